The average Bonchev–Trinajstić information content (AvgIpc) is 2.38. The van der Waals surface area contributed by atoms with E-state index in [9.17, 15) is 0 Å². The van der Waals surface area contributed by atoms with Gasteiger partial charge in [-0.1, -0.05) is 26.8 Å². The van der Waals surface area contributed by atoms with Crippen LogP contribution in [0.5, 0.6) is 0 Å². The molecule has 1 atom stereocenters. The highest BCUT2D eigenvalue weighted by atomic mass is 15.1. The van der Waals surface area contributed by atoms with Gasteiger partial charge in [-0.25, -0.2) is 0 Å². The van der Waals surface area contributed by atoms with E-state index in [2.05, 4.69) is 63.2 Å². The highest BCUT2D eigenvalue weighted by Gasteiger charge is 2.13. The van der Waals surface area contributed by atoms with E-state index in [-0.39, 0.29) is 0 Å². The van der Waals surface area contributed by atoms with Gasteiger partial charge in [0.1, 0.15) is 0 Å². The molecule has 1 heterocycles. The number of hydrogen-bond donors (Lipinski definition) is 1. The van der Waals surface area contributed by atoms with Crippen LogP contribution in [-0.2, 0) is 13.1 Å². The monoisotopic (exact) mass is 263 g/mol. The van der Waals surface area contributed by atoms with E-state index in [1.807, 2.05) is 0 Å². The van der Waals surface area contributed by atoms with Crippen LogP contribution in [0.15, 0.2) is 18.2 Å². The summed E-state index contributed by atoms with van der Waals surface area (Å²) in [4.78, 5) is 7.09. The summed E-state index contributed by atoms with van der Waals surface area (Å²) in [7, 11) is 2.17. The van der Waals surface area contributed by atoms with Crippen LogP contribution in [0.2, 0.25) is 0 Å². The van der Waals surface area contributed by atoms with E-state index in [1.54, 1.807) is 0 Å². The van der Waals surface area contributed by atoms with E-state index in [0.717, 1.165) is 37.4 Å². The molecule has 0 spiro atoms. The maximum atomic E-state index is 4.72. The number of aromatic nitrogens is 1. The largest absolute Gasteiger partial charge is 0.311 e. The lowest BCUT2D eigenvalue weighted by atomic mass is 10.1. The quantitative estimate of drug-likeness (QED) is 0.731. The van der Waals surface area contributed by atoms with Crippen molar-refractivity contribution in [3.8, 4) is 0 Å². The van der Waals surface area contributed by atoms with Gasteiger partial charge in [-0.2, -0.15) is 0 Å². The van der Waals surface area contributed by atoms with E-state index < -0.39 is 0 Å². The van der Waals surface area contributed by atoms with Crippen LogP contribution in [0.3, 0.4) is 0 Å². The molecule has 0 saturated carbocycles. The third kappa shape index (κ3) is 5.70. The Hall–Kier alpha value is -0.930. The lowest BCUT2D eigenvalue weighted by Crippen LogP contribution is -2.33. The van der Waals surface area contributed by atoms with Gasteiger partial charge in [-0.05, 0) is 45.0 Å². The lowest BCUT2D eigenvalue weighted by Gasteiger charge is -2.27. The van der Waals surface area contributed by atoms with Gasteiger partial charge in [0.25, 0.3) is 0 Å². The molecule has 0 aliphatic heterocycles. The van der Waals surface area contributed by atoms with Gasteiger partial charge in [0.05, 0.1) is 11.4 Å². The molecule has 1 rings (SSSR count). The molecule has 1 N–H and O–H groups in total. The normalized spacial score (nSPS) is 13.2. The van der Waals surface area contributed by atoms with Crippen molar-refractivity contribution in [1.82, 2.24) is 15.2 Å². The van der Waals surface area contributed by atoms with E-state index in [4.69, 9.17) is 4.98 Å². The molecule has 0 amide bonds. The summed E-state index contributed by atoms with van der Waals surface area (Å²) in [6.45, 7) is 11.8. The van der Waals surface area contributed by atoms with Crippen molar-refractivity contribution in [3.05, 3.63) is 29.6 Å². The lowest BCUT2D eigenvalue weighted by molar-refractivity contribution is 0.198. The molecule has 1 aromatic heterocycles. The Bertz CT molecular complexity index is 363. The van der Waals surface area contributed by atoms with Crippen LogP contribution in [0, 0.1) is 5.92 Å². The number of nitrogens with one attached hydrogen (secondary N) is 1. The molecule has 0 aliphatic carbocycles. The zero-order valence-electron chi connectivity index (χ0n) is 13.1. The maximum Gasteiger partial charge on any atom is 0.0547 e. The zero-order chi connectivity index (χ0) is 14.3. The third-order valence-corrected chi connectivity index (χ3v) is 3.67. The van der Waals surface area contributed by atoms with Gasteiger partial charge in [0, 0.05) is 19.1 Å². The predicted molar refractivity (Wildman–Crippen MR) is 82.0 cm³/mol. The molecule has 0 fully saturated rings. The Balaban J connectivity index is 2.56. The fraction of sp³-hybridized carbons (Fsp3) is 0.688. The summed E-state index contributed by atoms with van der Waals surface area (Å²) in [6, 6.07) is 6.90. The first-order chi connectivity index (χ1) is 9.04. The standard InChI is InChI=1S/C16H29N3/c1-6-10-17-11-15-8-7-9-16(18-15)12-19(5)14(4)13(2)3/h7-9,13-14,17H,6,10-12H2,1-5H3. The molecule has 108 valence electrons. The number of nitrogens with zero attached hydrogens (tertiary/aromatic N) is 2. The molecule has 0 radical (unpaired) electrons. The minimum atomic E-state index is 0.573. The molecule has 3 nitrogen and oxygen atoms in total. The first-order valence-corrected chi connectivity index (χ1v) is 7.40. The SMILES string of the molecule is CCCNCc1cccc(CN(C)C(C)C(C)C)n1. The summed E-state index contributed by atoms with van der Waals surface area (Å²) in [6.07, 6.45) is 1.16. The molecule has 0 bridgehead atoms. The Labute approximate surface area is 118 Å². The van der Waals surface area contributed by atoms with Gasteiger partial charge in [-0.3, -0.25) is 9.88 Å². The predicted octanol–water partition coefficient (Wildman–Crippen LogP) is 3.06. The van der Waals surface area contributed by atoms with Crippen LogP contribution in [-0.4, -0.2) is 29.5 Å². The molecule has 1 unspecified atom stereocenters. The summed E-state index contributed by atoms with van der Waals surface area (Å²) in [5, 5.41) is 3.40. The molecule has 0 aliphatic rings. The summed E-state index contributed by atoms with van der Waals surface area (Å²) >= 11 is 0. The molecule has 19 heavy (non-hydrogen) atoms. The highest BCUT2D eigenvalue weighted by Crippen LogP contribution is 2.11. The van der Waals surface area contributed by atoms with Crippen LogP contribution >= 0.6 is 0 Å². The molecule has 1 aromatic rings. The minimum absolute atomic E-state index is 0.573. The summed E-state index contributed by atoms with van der Waals surface area (Å²) in [5.41, 5.74) is 2.29. The number of pyridine rings is 1. The van der Waals surface area contributed by atoms with Gasteiger partial charge in [0.15, 0.2) is 0 Å². The van der Waals surface area contributed by atoms with Crippen LogP contribution in [0.4, 0.5) is 0 Å². The second-order valence-electron chi connectivity index (χ2n) is 5.70. The highest BCUT2D eigenvalue weighted by molar-refractivity contribution is 5.11. The minimum Gasteiger partial charge on any atom is -0.311 e. The smallest absolute Gasteiger partial charge is 0.0547 e. The van der Waals surface area contributed by atoms with Crippen molar-refractivity contribution in [2.45, 2.75) is 53.2 Å². The van der Waals surface area contributed by atoms with E-state index in [0.29, 0.717) is 12.0 Å². The first kappa shape index (κ1) is 16.1. The average molecular weight is 263 g/mol. The molecular formula is C16H29N3. The number of rotatable bonds is 8. The van der Waals surface area contributed by atoms with Gasteiger partial charge in [0.2, 0.25) is 0 Å². The van der Waals surface area contributed by atoms with Crippen molar-refractivity contribution >= 4 is 0 Å². The van der Waals surface area contributed by atoms with E-state index >= 15 is 0 Å². The van der Waals surface area contributed by atoms with Crippen molar-refractivity contribution in [1.29, 1.82) is 0 Å². The van der Waals surface area contributed by atoms with Crippen molar-refractivity contribution < 1.29 is 0 Å². The van der Waals surface area contributed by atoms with Crippen LogP contribution in [0.25, 0.3) is 0 Å². The first-order valence-electron chi connectivity index (χ1n) is 7.40. The molecule has 3 heteroatoms. The van der Waals surface area contributed by atoms with E-state index in [1.165, 1.54) is 0 Å². The molecular weight excluding hydrogens is 234 g/mol. The fourth-order valence-electron chi connectivity index (χ4n) is 2.02. The van der Waals surface area contributed by atoms with Crippen LogP contribution < -0.4 is 5.32 Å². The van der Waals surface area contributed by atoms with Crippen molar-refractivity contribution in [3.63, 3.8) is 0 Å². The Kier molecular flexibility index (Phi) is 7.03. The Morgan fingerprint density at radius 2 is 1.89 bits per heavy atom. The summed E-state index contributed by atoms with van der Waals surface area (Å²) < 4.78 is 0. The molecule has 0 aromatic carbocycles. The van der Waals surface area contributed by atoms with Gasteiger partial charge >= 0.3 is 0 Å². The van der Waals surface area contributed by atoms with Crippen molar-refractivity contribution in [2.24, 2.45) is 5.92 Å². The van der Waals surface area contributed by atoms with Gasteiger partial charge < -0.3 is 5.32 Å². The second kappa shape index (κ2) is 8.28. The third-order valence-electron chi connectivity index (χ3n) is 3.67. The van der Waals surface area contributed by atoms with Crippen LogP contribution in [0.1, 0.15) is 45.5 Å². The Morgan fingerprint density at radius 3 is 2.53 bits per heavy atom. The Morgan fingerprint density at radius 1 is 1.21 bits per heavy atom. The second-order valence-corrected chi connectivity index (χ2v) is 5.70. The molecule has 0 saturated heterocycles. The van der Waals surface area contributed by atoms with Crippen molar-refractivity contribution in [2.75, 3.05) is 13.6 Å². The summed E-state index contributed by atoms with van der Waals surface area (Å²) in [5.74, 6) is 0.666. The topological polar surface area (TPSA) is 28.2 Å². The van der Waals surface area contributed by atoms with Gasteiger partial charge in [-0.15, -0.1) is 0 Å². The maximum absolute atomic E-state index is 4.72. The number of hydrogen-bond acceptors (Lipinski definition) is 3. The zero-order valence-corrected chi connectivity index (χ0v) is 13.1. The fourth-order valence-corrected chi connectivity index (χ4v) is 2.02.